The maximum absolute atomic E-state index is 11.9. The fourth-order valence-corrected chi connectivity index (χ4v) is 2.18. The molecule has 0 unspecified atom stereocenters. The smallest absolute Gasteiger partial charge is 0.347 e. The molecule has 6 nitrogen and oxygen atoms in total. The predicted octanol–water partition coefficient (Wildman–Crippen LogP) is 3.92. The Morgan fingerprint density at radius 2 is 1.87 bits per heavy atom. The number of hydrogen-bond donors (Lipinski definition) is 0. The highest BCUT2D eigenvalue weighted by atomic mass is 35.5. The first-order chi connectivity index (χ1) is 11.0. The van der Waals surface area contributed by atoms with Crippen LogP contribution in [0, 0.1) is 10.1 Å². The number of aromatic nitrogens is 1. The molecule has 0 aliphatic carbocycles. The summed E-state index contributed by atoms with van der Waals surface area (Å²) in [5.74, 6) is 0.142. The third kappa shape index (κ3) is 3.27. The van der Waals surface area contributed by atoms with Crippen LogP contribution >= 0.6 is 11.6 Å². The normalized spacial score (nSPS) is 11.2. The van der Waals surface area contributed by atoms with Gasteiger partial charge in [-0.15, -0.1) is 0 Å². The van der Waals surface area contributed by atoms with Crippen molar-refractivity contribution in [3.8, 4) is 0 Å². The second kappa shape index (κ2) is 6.02. The van der Waals surface area contributed by atoms with Gasteiger partial charge in [0, 0.05) is 23.2 Å². The van der Waals surface area contributed by atoms with Crippen molar-refractivity contribution >= 4 is 40.3 Å². The average Bonchev–Trinajstić information content (AvgIpc) is 2.54. The van der Waals surface area contributed by atoms with Crippen LogP contribution in [0.25, 0.3) is 23.1 Å². The summed E-state index contributed by atoms with van der Waals surface area (Å²) in [5.41, 5.74) is 0.681. The molecule has 0 aliphatic heterocycles. The largest absolute Gasteiger partial charge is 0.404 e. The molecule has 3 rings (SSSR count). The summed E-state index contributed by atoms with van der Waals surface area (Å²) in [6.45, 7) is 0. The molecular formula is C16H9ClN2O4. The Balaban J connectivity index is 1.93. The third-order valence-corrected chi connectivity index (χ3v) is 3.36. The van der Waals surface area contributed by atoms with Crippen molar-refractivity contribution in [1.82, 2.24) is 4.98 Å². The van der Waals surface area contributed by atoms with E-state index in [2.05, 4.69) is 4.98 Å². The van der Waals surface area contributed by atoms with E-state index in [0.717, 1.165) is 5.56 Å². The first-order valence-electron chi connectivity index (χ1n) is 6.56. The lowest BCUT2D eigenvalue weighted by Crippen LogP contribution is -2.02. The molecule has 0 radical (unpaired) electrons. The number of nitrogens with zero attached hydrogens (tertiary/aromatic N) is 2. The quantitative estimate of drug-likeness (QED) is 0.537. The zero-order chi connectivity index (χ0) is 16.4. The fourth-order valence-electron chi connectivity index (χ4n) is 2.01. The van der Waals surface area contributed by atoms with Crippen LogP contribution in [-0.4, -0.2) is 9.91 Å². The van der Waals surface area contributed by atoms with Gasteiger partial charge in [-0.25, -0.2) is 9.78 Å². The van der Waals surface area contributed by atoms with Gasteiger partial charge in [0.2, 0.25) is 5.89 Å². The first kappa shape index (κ1) is 14.9. The number of nitro groups is 1. The summed E-state index contributed by atoms with van der Waals surface area (Å²) < 4.78 is 5.11. The van der Waals surface area contributed by atoms with Gasteiger partial charge >= 0.3 is 5.63 Å². The Morgan fingerprint density at radius 1 is 1.13 bits per heavy atom. The molecule has 0 saturated heterocycles. The van der Waals surface area contributed by atoms with Gasteiger partial charge in [0.1, 0.15) is 0 Å². The van der Waals surface area contributed by atoms with Gasteiger partial charge in [0.05, 0.1) is 15.8 Å². The number of benzene rings is 2. The van der Waals surface area contributed by atoms with Crippen LogP contribution in [0.3, 0.4) is 0 Å². The van der Waals surface area contributed by atoms with Crippen LogP contribution in [0.4, 0.5) is 5.69 Å². The lowest BCUT2D eigenvalue weighted by Gasteiger charge is -1.98. The van der Waals surface area contributed by atoms with Crippen molar-refractivity contribution in [2.75, 3.05) is 0 Å². The molecule has 1 aromatic heterocycles. The molecule has 23 heavy (non-hydrogen) atoms. The maximum atomic E-state index is 11.9. The first-order valence-corrected chi connectivity index (χ1v) is 6.94. The van der Waals surface area contributed by atoms with Gasteiger partial charge in [-0.1, -0.05) is 11.6 Å². The molecular weight excluding hydrogens is 320 g/mol. The minimum atomic E-state index is -0.527. The highest BCUT2D eigenvalue weighted by Gasteiger charge is 2.05. The Kier molecular flexibility index (Phi) is 3.91. The van der Waals surface area contributed by atoms with Crippen LogP contribution in [0.2, 0.25) is 5.02 Å². The van der Waals surface area contributed by atoms with E-state index >= 15 is 0 Å². The van der Waals surface area contributed by atoms with E-state index in [1.807, 2.05) is 0 Å². The molecule has 3 aromatic rings. The second-order valence-corrected chi connectivity index (χ2v) is 5.12. The van der Waals surface area contributed by atoms with E-state index < -0.39 is 10.5 Å². The maximum Gasteiger partial charge on any atom is 0.347 e. The van der Waals surface area contributed by atoms with Crippen molar-refractivity contribution in [3.63, 3.8) is 0 Å². The van der Waals surface area contributed by atoms with Crippen molar-refractivity contribution in [2.24, 2.45) is 0 Å². The molecule has 0 N–H and O–H groups in total. The second-order valence-electron chi connectivity index (χ2n) is 4.68. The standard InChI is InChI=1S/C16H9ClN2O4/c17-11-4-7-14-13(9-11)16(20)23-15(18-14)8-3-10-1-5-12(6-2-10)19(21)22/h1-9H/b8-3+. The Morgan fingerprint density at radius 3 is 2.57 bits per heavy atom. The molecule has 0 atom stereocenters. The van der Waals surface area contributed by atoms with Crippen LogP contribution < -0.4 is 5.63 Å². The number of rotatable bonds is 3. The van der Waals surface area contributed by atoms with Gasteiger partial charge in [-0.2, -0.15) is 0 Å². The third-order valence-electron chi connectivity index (χ3n) is 3.13. The van der Waals surface area contributed by atoms with E-state index in [4.69, 9.17) is 16.0 Å². The van der Waals surface area contributed by atoms with Crippen LogP contribution in [0.15, 0.2) is 51.7 Å². The summed E-state index contributed by atoms with van der Waals surface area (Å²) in [4.78, 5) is 26.3. The van der Waals surface area contributed by atoms with Crippen molar-refractivity contribution in [2.45, 2.75) is 0 Å². The van der Waals surface area contributed by atoms with E-state index in [1.54, 1.807) is 30.3 Å². The SMILES string of the molecule is O=c1oc(/C=C/c2ccc([N+](=O)[O-])cc2)nc2ccc(Cl)cc12. The van der Waals surface area contributed by atoms with Gasteiger partial charge in [-0.05, 0) is 42.0 Å². The van der Waals surface area contributed by atoms with Crippen LogP contribution in [0.1, 0.15) is 11.5 Å². The Bertz CT molecular complexity index is 978. The predicted molar refractivity (Wildman–Crippen MR) is 87.3 cm³/mol. The molecule has 7 heteroatoms. The number of hydrogen-bond acceptors (Lipinski definition) is 5. The summed E-state index contributed by atoms with van der Waals surface area (Å²) in [6.07, 6.45) is 3.17. The number of non-ortho nitro benzene ring substituents is 1. The highest BCUT2D eigenvalue weighted by molar-refractivity contribution is 6.31. The van der Waals surface area contributed by atoms with Gasteiger partial charge in [0.25, 0.3) is 5.69 Å². The minimum Gasteiger partial charge on any atom is -0.404 e. The molecule has 0 spiro atoms. The molecule has 0 fully saturated rings. The number of halogens is 1. The minimum absolute atomic E-state index is 0.00870. The van der Waals surface area contributed by atoms with Crippen molar-refractivity contribution in [3.05, 3.63) is 79.5 Å². The molecule has 1 heterocycles. The number of nitro benzene ring substituents is 1. The topological polar surface area (TPSA) is 86.2 Å². The fraction of sp³-hybridized carbons (Fsp3) is 0. The Hall–Kier alpha value is -2.99. The molecule has 0 amide bonds. The Labute approximate surface area is 134 Å². The molecule has 0 saturated carbocycles. The summed E-state index contributed by atoms with van der Waals surface area (Å²) in [6, 6.07) is 10.7. The van der Waals surface area contributed by atoms with E-state index in [9.17, 15) is 14.9 Å². The van der Waals surface area contributed by atoms with Gasteiger partial charge < -0.3 is 4.42 Å². The lowest BCUT2D eigenvalue weighted by molar-refractivity contribution is -0.384. The van der Waals surface area contributed by atoms with Gasteiger partial charge in [-0.3, -0.25) is 10.1 Å². The molecule has 114 valence electrons. The van der Waals surface area contributed by atoms with Crippen molar-refractivity contribution < 1.29 is 9.34 Å². The summed E-state index contributed by atoms with van der Waals surface area (Å²) >= 11 is 5.84. The van der Waals surface area contributed by atoms with E-state index in [1.165, 1.54) is 24.3 Å². The number of fused-ring (bicyclic) bond motifs is 1. The highest BCUT2D eigenvalue weighted by Crippen LogP contribution is 2.17. The summed E-state index contributed by atoms with van der Waals surface area (Å²) in [7, 11) is 0. The van der Waals surface area contributed by atoms with Crippen LogP contribution in [-0.2, 0) is 0 Å². The molecule has 2 aromatic carbocycles. The zero-order valence-corrected chi connectivity index (χ0v) is 12.4. The average molecular weight is 329 g/mol. The van der Waals surface area contributed by atoms with E-state index in [-0.39, 0.29) is 11.6 Å². The zero-order valence-electron chi connectivity index (χ0n) is 11.6. The molecule has 0 bridgehead atoms. The molecule has 0 aliphatic rings. The summed E-state index contributed by atoms with van der Waals surface area (Å²) in [5, 5.41) is 11.3. The van der Waals surface area contributed by atoms with Crippen molar-refractivity contribution in [1.29, 1.82) is 0 Å². The monoisotopic (exact) mass is 328 g/mol. The van der Waals surface area contributed by atoms with E-state index in [0.29, 0.717) is 15.9 Å². The van der Waals surface area contributed by atoms with Crippen LogP contribution in [0.5, 0.6) is 0 Å². The van der Waals surface area contributed by atoms with Gasteiger partial charge in [0.15, 0.2) is 0 Å². The lowest BCUT2D eigenvalue weighted by atomic mass is 10.2.